The molecule has 148 valence electrons. The average molecular weight is 396 g/mol. The Hall–Kier alpha value is -4.19. The highest BCUT2D eigenvalue weighted by molar-refractivity contribution is 6.02. The summed E-state index contributed by atoms with van der Waals surface area (Å²) in [7, 11) is 0. The van der Waals surface area contributed by atoms with E-state index in [4.69, 9.17) is 4.74 Å². The lowest BCUT2D eigenvalue weighted by Crippen LogP contribution is -2.14. The van der Waals surface area contributed by atoms with E-state index in [0.29, 0.717) is 11.5 Å². The van der Waals surface area contributed by atoms with E-state index in [9.17, 15) is 4.79 Å². The summed E-state index contributed by atoms with van der Waals surface area (Å²) in [5, 5.41) is 5.96. The van der Waals surface area contributed by atoms with Gasteiger partial charge in [-0.1, -0.05) is 35.9 Å². The molecule has 1 aromatic heterocycles. The number of carbonyl (C=O) groups is 1. The summed E-state index contributed by atoms with van der Waals surface area (Å²) in [6.07, 6.45) is 2.97. The van der Waals surface area contributed by atoms with Gasteiger partial charge in [0.15, 0.2) is 0 Å². The van der Waals surface area contributed by atoms with Gasteiger partial charge in [-0.2, -0.15) is 0 Å². The van der Waals surface area contributed by atoms with Gasteiger partial charge in [-0.3, -0.25) is 4.79 Å². The van der Waals surface area contributed by atoms with Crippen molar-refractivity contribution >= 4 is 23.1 Å². The predicted molar refractivity (Wildman–Crippen MR) is 117 cm³/mol. The Morgan fingerprint density at radius 1 is 0.767 bits per heavy atom. The van der Waals surface area contributed by atoms with Gasteiger partial charge >= 0.3 is 0 Å². The van der Waals surface area contributed by atoms with Crippen molar-refractivity contribution < 1.29 is 9.53 Å². The van der Waals surface area contributed by atoms with Gasteiger partial charge in [0.1, 0.15) is 23.0 Å². The highest BCUT2D eigenvalue weighted by atomic mass is 16.5. The van der Waals surface area contributed by atoms with E-state index in [0.717, 1.165) is 22.7 Å². The summed E-state index contributed by atoms with van der Waals surface area (Å²) in [4.78, 5) is 20.8. The molecule has 0 saturated carbocycles. The number of para-hydroxylation sites is 1. The van der Waals surface area contributed by atoms with E-state index >= 15 is 0 Å². The van der Waals surface area contributed by atoms with Gasteiger partial charge in [0.2, 0.25) is 0 Å². The first kappa shape index (κ1) is 19.1. The first-order chi connectivity index (χ1) is 14.7. The van der Waals surface area contributed by atoms with Crippen molar-refractivity contribution in [3.05, 3.63) is 103 Å². The lowest BCUT2D eigenvalue weighted by Gasteiger charge is -2.09. The number of rotatable bonds is 6. The highest BCUT2D eigenvalue weighted by Crippen LogP contribution is 2.23. The standard InChI is InChI=1S/C24H20N4O2/c1-17-7-9-19(10-8-17)28-24(29)22-15-26-23(16-25-22)27-18-11-13-21(14-12-18)30-20-5-3-2-4-6-20/h2-16H,1H3,(H,26,27)(H,28,29). The zero-order valence-corrected chi connectivity index (χ0v) is 16.4. The molecular weight excluding hydrogens is 376 g/mol. The van der Waals surface area contributed by atoms with Crippen molar-refractivity contribution in [1.82, 2.24) is 9.97 Å². The number of amides is 1. The molecule has 0 saturated heterocycles. The maximum Gasteiger partial charge on any atom is 0.275 e. The third-order valence-corrected chi connectivity index (χ3v) is 4.30. The number of anilines is 3. The Labute approximate surface area is 174 Å². The molecule has 0 unspecified atom stereocenters. The van der Waals surface area contributed by atoms with E-state index in [1.807, 2.05) is 85.8 Å². The summed E-state index contributed by atoms with van der Waals surface area (Å²) in [6.45, 7) is 1.99. The first-order valence-electron chi connectivity index (χ1n) is 9.46. The van der Waals surface area contributed by atoms with E-state index in [1.165, 1.54) is 12.4 Å². The summed E-state index contributed by atoms with van der Waals surface area (Å²) in [5.41, 5.74) is 2.92. The van der Waals surface area contributed by atoms with Crippen LogP contribution in [0.3, 0.4) is 0 Å². The van der Waals surface area contributed by atoms with Crippen LogP contribution in [0.5, 0.6) is 11.5 Å². The molecule has 1 heterocycles. The van der Waals surface area contributed by atoms with Gasteiger partial charge in [-0.15, -0.1) is 0 Å². The minimum atomic E-state index is -0.305. The number of ether oxygens (including phenoxy) is 1. The maximum absolute atomic E-state index is 12.3. The quantitative estimate of drug-likeness (QED) is 0.445. The molecule has 0 aliphatic carbocycles. The Morgan fingerprint density at radius 2 is 1.43 bits per heavy atom. The fraction of sp³-hybridized carbons (Fsp3) is 0.0417. The lowest BCUT2D eigenvalue weighted by atomic mass is 10.2. The van der Waals surface area contributed by atoms with Gasteiger partial charge < -0.3 is 15.4 Å². The zero-order chi connectivity index (χ0) is 20.8. The molecule has 2 N–H and O–H groups in total. The summed E-state index contributed by atoms with van der Waals surface area (Å²) in [6, 6.07) is 24.7. The molecular formula is C24H20N4O2. The second-order valence-corrected chi connectivity index (χ2v) is 6.67. The van der Waals surface area contributed by atoms with Crippen LogP contribution in [0.25, 0.3) is 0 Å². The molecule has 4 aromatic rings. The van der Waals surface area contributed by atoms with Crippen LogP contribution in [0.2, 0.25) is 0 Å². The van der Waals surface area contributed by atoms with Crippen molar-refractivity contribution in [2.45, 2.75) is 6.92 Å². The Balaban J connectivity index is 1.36. The minimum Gasteiger partial charge on any atom is -0.457 e. The van der Waals surface area contributed by atoms with Crippen LogP contribution < -0.4 is 15.4 Å². The van der Waals surface area contributed by atoms with Crippen LogP contribution in [-0.4, -0.2) is 15.9 Å². The zero-order valence-electron chi connectivity index (χ0n) is 16.4. The largest absolute Gasteiger partial charge is 0.457 e. The van der Waals surface area contributed by atoms with Gasteiger partial charge in [0.05, 0.1) is 12.4 Å². The summed E-state index contributed by atoms with van der Waals surface area (Å²) in [5.74, 6) is 1.75. The van der Waals surface area contributed by atoms with Gasteiger partial charge in [-0.05, 0) is 55.5 Å². The number of hydrogen-bond acceptors (Lipinski definition) is 5. The Morgan fingerprint density at radius 3 is 2.10 bits per heavy atom. The van der Waals surface area contributed by atoms with Crippen molar-refractivity contribution in [2.24, 2.45) is 0 Å². The molecule has 30 heavy (non-hydrogen) atoms. The van der Waals surface area contributed by atoms with Crippen molar-refractivity contribution in [3.8, 4) is 11.5 Å². The Bertz CT molecular complexity index is 1110. The molecule has 6 nitrogen and oxygen atoms in total. The topological polar surface area (TPSA) is 76.1 Å². The second-order valence-electron chi connectivity index (χ2n) is 6.67. The number of aryl methyl sites for hydroxylation is 1. The third kappa shape index (κ3) is 4.99. The van der Waals surface area contributed by atoms with Crippen LogP contribution >= 0.6 is 0 Å². The molecule has 0 spiro atoms. The van der Waals surface area contributed by atoms with Gasteiger partial charge in [0.25, 0.3) is 5.91 Å². The second kappa shape index (κ2) is 8.87. The number of carbonyl (C=O) groups excluding carboxylic acids is 1. The highest BCUT2D eigenvalue weighted by Gasteiger charge is 2.09. The van der Waals surface area contributed by atoms with Crippen LogP contribution in [-0.2, 0) is 0 Å². The smallest absolute Gasteiger partial charge is 0.275 e. The summed E-state index contributed by atoms with van der Waals surface area (Å²) < 4.78 is 5.78. The van der Waals surface area contributed by atoms with E-state index < -0.39 is 0 Å². The molecule has 6 heteroatoms. The van der Waals surface area contributed by atoms with Crippen LogP contribution in [0.1, 0.15) is 16.1 Å². The van der Waals surface area contributed by atoms with Crippen molar-refractivity contribution in [2.75, 3.05) is 10.6 Å². The monoisotopic (exact) mass is 396 g/mol. The molecule has 0 aliphatic rings. The number of nitrogens with one attached hydrogen (secondary N) is 2. The lowest BCUT2D eigenvalue weighted by molar-refractivity contribution is 0.102. The fourth-order valence-corrected chi connectivity index (χ4v) is 2.72. The van der Waals surface area contributed by atoms with Gasteiger partial charge in [-0.25, -0.2) is 9.97 Å². The third-order valence-electron chi connectivity index (χ3n) is 4.30. The number of benzene rings is 3. The predicted octanol–water partition coefficient (Wildman–Crippen LogP) is 5.57. The Kier molecular flexibility index (Phi) is 5.66. The molecule has 0 aliphatic heterocycles. The molecule has 0 atom stereocenters. The molecule has 3 aromatic carbocycles. The van der Waals surface area contributed by atoms with Crippen LogP contribution in [0.15, 0.2) is 91.3 Å². The molecule has 0 bridgehead atoms. The molecule has 1 amide bonds. The molecule has 0 fully saturated rings. The average Bonchev–Trinajstić information content (AvgIpc) is 2.78. The SMILES string of the molecule is Cc1ccc(NC(=O)c2cnc(Nc3ccc(Oc4ccccc4)cc3)cn2)cc1. The van der Waals surface area contributed by atoms with Crippen LogP contribution in [0, 0.1) is 6.92 Å². The van der Waals surface area contributed by atoms with E-state index in [1.54, 1.807) is 0 Å². The number of hydrogen-bond donors (Lipinski definition) is 2. The minimum absolute atomic E-state index is 0.243. The van der Waals surface area contributed by atoms with Crippen molar-refractivity contribution in [3.63, 3.8) is 0 Å². The molecule has 4 rings (SSSR count). The maximum atomic E-state index is 12.3. The van der Waals surface area contributed by atoms with Crippen LogP contribution in [0.4, 0.5) is 17.2 Å². The van der Waals surface area contributed by atoms with E-state index in [2.05, 4.69) is 20.6 Å². The summed E-state index contributed by atoms with van der Waals surface area (Å²) >= 11 is 0. The number of nitrogens with zero attached hydrogens (tertiary/aromatic N) is 2. The van der Waals surface area contributed by atoms with Gasteiger partial charge in [0, 0.05) is 11.4 Å². The van der Waals surface area contributed by atoms with Crippen molar-refractivity contribution in [1.29, 1.82) is 0 Å². The number of aromatic nitrogens is 2. The normalized spacial score (nSPS) is 10.3. The first-order valence-corrected chi connectivity index (χ1v) is 9.46. The molecule has 0 radical (unpaired) electrons. The fourth-order valence-electron chi connectivity index (χ4n) is 2.72. The van der Waals surface area contributed by atoms with E-state index in [-0.39, 0.29) is 11.6 Å².